The molecule has 0 spiro atoms. The van der Waals surface area contributed by atoms with Crippen molar-refractivity contribution in [1.82, 2.24) is 15.0 Å². The van der Waals surface area contributed by atoms with Crippen LogP contribution >= 0.6 is 11.6 Å². The minimum atomic E-state index is -1.09. The van der Waals surface area contributed by atoms with Crippen molar-refractivity contribution in [2.75, 3.05) is 0 Å². The standard InChI is InChI=1S/C16H12ClN3O2/c17-12-8-6-11(7-9-12)10-14-15(16(21)22)18-19-20(14)13-4-2-1-3-5-13/h1-9H,10H2,(H,21,22). The van der Waals surface area contributed by atoms with E-state index >= 15 is 0 Å². The zero-order valence-electron chi connectivity index (χ0n) is 11.5. The van der Waals surface area contributed by atoms with Crippen LogP contribution in [0.5, 0.6) is 0 Å². The summed E-state index contributed by atoms with van der Waals surface area (Å²) in [5.41, 5.74) is 2.19. The summed E-state index contributed by atoms with van der Waals surface area (Å²) in [4.78, 5) is 11.4. The van der Waals surface area contributed by atoms with E-state index < -0.39 is 5.97 Å². The normalized spacial score (nSPS) is 10.6. The number of aromatic carboxylic acids is 1. The molecule has 110 valence electrons. The van der Waals surface area contributed by atoms with Crippen LogP contribution in [0.3, 0.4) is 0 Å². The summed E-state index contributed by atoms with van der Waals surface area (Å²) < 4.78 is 1.55. The first kappa shape index (κ1) is 14.3. The number of hydrogen-bond donors (Lipinski definition) is 1. The SMILES string of the molecule is O=C(O)c1nnn(-c2ccccc2)c1Cc1ccc(Cl)cc1. The maximum absolute atomic E-state index is 11.4. The van der Waals surface area contributed by atoms with Gasteiger partial charge in [0.25, 0.3) is 0 Å². The molecule has 0 saturated heterocycles. The van der Waals surface area contributed by atoms with Gasteiger partial charge < -0.3 is 5.11 Å². The molecule has 0 aliphatic rings. The summed E-state index contributed by atoms with van der Waals surface area (Å²) in [6.07, 6.45) is 0.403. The van der Waals surface area contributed by atoms with Gasteiger partial charge in [0.2, 0.25) is 0 Å². The Labute approximate surface area is 131 Å². The molecule has 1 aromatic heterocycles. The van der Waals surface area contributed by atoms with Crippen LogP contribution in [-0.4, -0.2) is 26.1 Å². The summed E-state index contributed by atoms with van der Waals surface area (Å²) in [5, 5.41) is 17.7. The Morgan fingerprint density at radius 2 is 1.77 bits per heavy atom. The zero-order valence-corrected chi connectivity index (χ0v) is 12.2. The molecular formula is C16H12ClN3O2. The Morgan fingerprint density at radius 3 is 2.41 bits per heavy atom. The second kappa shape index (κ2) is 5.99. The number of para-hydroxylation sites is 1. The van der Waals surface area contributed by atoms with E-state index in [9.17, 15) is 9.90 Å². The molecule has 6 heteroatoms. The Hall–Kier alpha value is -2.66. The molecular weight excluding hydrogens is 302 g/mol. The third-order valence-electron chi connectivity index (χ3n) is 3.25. The largest absolute Gasteiger partial charge is 0.476 e. The molecule has 0 unspecified atom stereocenters. The first-order valence-electron chi connectivity index (χ1n) is 6.63. The van der Waals surface area contributed by atoms with E-state index in [0.29, 0.717) is 17.1 Å². The van der Waals surface area contributed by atoms with E-state index in [1.54, 1.807) is 16.8 Å². The average Bonchev–Trinajstić information content (AvgIpc) is 2.94. The highest BCUT2D eigenvalue weighted by atomic mass is 35.5. The van der Waals surface area contributed by atoms with Crippen LogP contribution in [0.1, 0.15) is 21.7 Å². The number of carboxylic acid groups (broad SMARTS) is 1. The highest BCUT2D eigenvalue weighted by Crippen LogP contribution is 2.18. The van der Waals surface area contributed by atoms with Crippen LogP contribution in [0.2, 0.25) is 5.02 Å². The fourth-order valence-electron chi connectivity index (χ4n) is 2.20. The number of benzene rings is 2. The fraction of sp³-hybridized carbons (Fsp3) is 0.0625. The molecule has 0 atom stereocenters. The van der Waals surface area contributed by atoms with E-state index in [1.165, 1.54) is 0 Å². The molecule has 0 fully saturated rings. The second-order valence-corrected chi connectivity index (χ2v) is 5.18. The lowest BCUT2D eigenvalue weighted by atomic mass is 10.1. The lowest BCUT2D eigenvalue weighted by Gasteiger charge is -2.07. The van der Waals surface area contributed by atoms with E-state index in [1.807, 2.05) is 42.5 Å². The first-order valence-corrected chi connectivity index (χ1v) is 7.00. The zero-order chi connectivity index (χ0) is 15.5. The lowest BCUT2D eigenvalue weighted by Crippen LogP contribution is -2.07. The smallest absolute Gasteiger partial charge is 0.358 e. The Balaban J connectivity index is 2.05. The summed E-state index contributed by atoms with van der Waals surface area (Å²) in [5.74, 6) is -1.09. The lowest BCUT2D eigenvalue weighted by molar-refractivity contribution is 0.0689. The van der Waals surface area contributed by atoms with Gasteiger partial charge in [-0.05, 0) is 29.8 Å². The quantitative estimate of drug-likeness (QED) is 0.803. The molecule has 5 nitrogen and oxygen atoms in total. The van der Waals surface area contributed by atoms with Crippen LogP contribution in [0.25, 0.3) is 5.69 Å². The van der Waals surface area contributed by atoms with Crippen LogP contribution in [0.15, 0.2) is 54.6 Å². The third kappa shape index (κ3) is 2.84. The molecule has 0 aliphatic heterocycles. The summed E-state index contributed by atoms with van der Waals surface area (Å²) in [6.45, 7) is 0. The molecule has 2 aromatic carbocycles. The van der Waals surface area contributed by atoms with Gasteiger partial charge >= 0.3 is 5.97 Å². The topological polar surface area (TPSA) is 68.0 Å². The van der Waals surface area contributed by atoms with Gasteiger partial charge in [-0.3, -0.25) is 0 Å². The maximum Gasteiger partial charge on any atom is 0.358 e. The Bertz CT molecular complexity index is 798. The van der Waals surface area contributed by atoms with Crippen LogP contribution in [-0.2, 0) is 6.42 Å². The van der Waals surface area contributed by atoms with Gasteiger partial charge in [0.05, 0.1) is 11.4 Å². The number of hydrogen-bond acceptors (Lipinski definition) is 3. The fourth-order valence-corrected chi connectivity index (χ4v) is 2.32. The molecule has 22 heavy (non-hydrogen) atoms. The van der Waals surface area contributed by atoms with Crippen LogP contribution in [0, 0.1) is 0 Å². The van der Waals surface area contributed by atoms with E-state index in [2.05, 4.69) is 10.3 Å². The molecule has 1 heterocycles. The molecule has 3 rings (SSSR count). The van der Waals surface area contributed by atoms with Gasteiger partial charge in [-0.1, -0.05) is 47.1 Å². The Morgan fingerprint density at radius 1 is 1.09 bits per heavy atom. The van der Waals surface area contributed by atoms with E-state index in [0.717, 1.165) is 11.3 Å². The molecule has 1 N–H and O–H groups in total. The molecule has 0 aliphatic carbocycles. The second-order valence-electron chi connectivity index (χ2n) is 4.74. The molecule has 0 bridgehead atoms. The van der Waals surface area contributed by atoms with Gasteiger partial charge in [0, 0.05) is 11.4 Å². The number of rotatable bonds is 4. The van der Waals surface area contributed by atoms with Gasteiger partial charge in [-0.25, -0.2) is 9.48 Å². The number of halogens is 1. The minimum absolute atomic E-state index is 0.0428. The average molecular weight is 314 g/mol. The van der Waals surface area contributed by atoms with E-state index in [4.69, 9.17) is 11.6 Å². The van der Waals surface area contributed by atoms with Gasteiger partial charge in [-0.2, -0.15) is 0 Å². The molecule has 0 radical (unpaired) electrons. The van der Waals surface area contributed by atoms with Crippen molar-refractivity contribution in [1.29, 1.82) is 0 Å². The predicted molar refractivity (Wildman–Crippen MR) is 82.6 cm³/mol. The van der Waals surface area contributed by atoms with Crippen molar-refractivity contribution in [2.24, 2.45) is 0 Å². The maximum atomic E-state index is 11.4. The van der Waals surface area contributed by atoms with Crippen molar-refractivity contribution in [2.45, 2.75) is 6.42 Å². The van der Waals surface area contributed by atoms with Crippen molar-refractivity contribution in [3.63, 3.8) is 0 Å². The first-order chi connectivity index (χ1) is 10.6. The third-order valence-corrected chi connectivity index (χ3v) is 3.50. The number of carboxylic acids is 1. The predicted octanol–water partition coefficient (Wildman–Crippen LogP) is 3.21. The van der Waals surface area contributed by atoms with Gasteiger partial charge in [-0.15, -0.1) is 5.10 Å². The number of carbonyl (C=O) groups is 1. The van der Waals surface area contributed by atoms with Crippen LogP contribution < -0.4 is 0 Å². The van der Waals surface area contributed by atoms with Gasteiger partial charge in [0.15, 0.2) is 5.69 Å². The molecule has 0 amide bonds. The monoisotopic (exact) mass is 313 g/mol. The summed E-state index contributed by atoms with van der Waals surface area (Å²) >= 11 is 5.88. The van der Waals surface area contributed by atoms with Crippen molar-refractivity contribution < 1.29 is 9.90 Å². The molecule has 3 aromatic rings. The molecule has 0 saturated carbocycles. The number of aromatic nitrogens is 3. The van der Waals surface area contributed by atoms with Crippen molar-refractivity contribution >= 4 is 17.6 Å². The Kier molecular flexibility index (Phi) is 3.89. The minimum Gasteiger partial charge on any atom is -0.476 e. The highest BCUT2D eigenvalue weighted by molar-refractivity contribution is 6.30. The number of nitrogens with zero attached hydrogens (tertiary/aromatic N) is 3. The van der Waals surface area contributed by atoms with Gasteiger partial charge in [0.1, 0.15) is 0 Å². The van der Waals surface area contributed by atoms with Crippen molar-refractivity contribution in [3.05, 3.63) is 76.6 Å². The van der Waals surface area contributed by atoms with Crippen molar-refractivity contribution in [3.8, 4) is 5.69 Å². The summed E-state index contributed by atoms with van der Waals surface area (Å²) in [6, 6.07) is 16.6. The van der Waals surface area contributed by atoms with E-state index in [-0.39, 0.29) is 5.69 Å². The van der Waals surface area contributed by atoms with Crippen LogP contribution in [0.4, 0.5) is 0 Å². The summed E-state index contributed by atoms with van der Waals surface area (Å²) in [7, 11) is 0. The highest BCUT2D eigenvalue weighted by Gasteiger charge is 2.20.